The minimum Gasteiger partial charge on any atom is -0.399 e. The van der Waals surface area contributed by atoms with E-state index in [4.69, 9.17) is 5.73 Å². The van der Waals surface area contributed by atoms with Crippen LogP contribution in [0, 0.1) is 6.92 Å². The molecule has 2 aromatic carbocycles. The zero-order chi connectivity index (χ0) is 13.0. The van der Waals surface area contributed by atoms with Crippen LogP contribution in [0.5, 0.6) is 0 Å². The number of hydrogen-bond donors (Lipinski definition) is 1. The summed E-state index contributed by atoms with van der Waals surface area (Å²) in [5, 5.41) is 0. The molecule has 2 rings (SSSR count). The molecule has 0 atom stereocenters. The van der Waals surface area contributed by atoms with Gasteiger partial charge in [-0.1, -0.05) is 12.1 Å². The molecule has 0 aliphatic carbocycles. The second kappa shape index (κ2) is 6.21. The molecule has 2 aromatic rings. The zero-order valence-corrected chi connectivity index (χ0v) is 12.3. The summed E-state index contributed by atoms with van der Waals surface area (Å²) in [4.78, 5) is 2.62. The van der Waals surface area contributed by atoms with Crippen molar-refractivity contribution >= 4 is 29.2 Å². The summed E-state index contributed by atoms with van der Waals surface area (Å²) < 4.78 is 0. The van der Waals surface area contributed by atoms with Gasteiger partial charge in [0.15, 0.2) is 0 Å². The van der Waals surface area contributed by atoms with E-state index in [0.717, 1.165) is 11.4 Å². The quantitative estimate of drug-likeness (QED) is 0.653. The van der Waals surface area contributed by atoms with Gasteiger partial charge in [-0.2, -0.15) is 0 Å². The maximum absolute atomic E-state index is 5.76. The van der Waals surface area contributed by atoms with Gasteiger partial charge in [-0.3, -0.25) is 0 Å². The molecule has 0 aliphatic rings. The molecule has 1 nitrogen and oxygen atoms in total. The van der Waals surface area contributed by atoms with Crippen molar-refractivity contribution in [2.45, 2.75) is 22.5 Å². The Hall–Kier alpha value is -1.06. The topological polar surface area (TPSA) is 26.0 Å². The fraction of sp³-hybridized carbons (Fsp3) is 0.200. The lowest BCUT2D eigenvalue weighted by Crippen LogP contribution is -1.88. The van der Waals surface area contributed by atoms with Gasteiger partial charge in [-0.15, -0.1) is 23.5 Å². The first-order chi connectivity index (χ1) is 8.69. The van der Waals surface area contributed by atoms with E-state index in [9.17, 15) is 0 Å². The van der Waals surface area contributed by atoms with Gasteiger partial charge in [0.25, 0.3) is 0 Å². The first-order valence-corrected chi connectivity index (χ1v) is 8.02. The van der Waals surface area contributed by atoms with Crippen LogP contribution in [0.2, 0.25) is 0 Å². The number of aryl methyl sites for hydroxylation is 1. The van der Waals surface area contributed by atoms with E-state index >= 15 is 0 Å². The average Bonchev–Trinajstić information content (AvgIpc) is 2.38. The molecule has 0 saturated heterocycles. The third-order valence-electron chi connectivity index (χ3n) is 2.75. The molecule has 0 aliphatic heterocycles. The molecule has 0 radical (unpaired) electrons. The molecule has 2 N–H and O–H groups in total. The van der Waals surface area contributed by atoms with Crippen molar-refractivity contribution in [3.8, 4) is 0 Å². The molecule has 0 fully saturated rings. The molecule has 0 bridgehead atoms. The number of rotatable bonds is 4. The van der Waals surface area contributed by atoms with Crippen molar-refractivity contribution in [2.75, 3.05) is 12.0 Å². The van der Waals surface area contributed by atoms with Crippen molar-refractivity contribution in [1.82, 2.24) is 0 Å². The predicted molar refractivity (Wildman–Crippen MR) is 83.4 cm³/mol. The summed E-state index contributed by atoms with van der Waals surface area (Å²) >= 11 is 3.64. The van der Waals surface area contributed by atoms with Gasteiger partial charge in [-0.05, 0) is 54.6 Å². The lowest BCUT2D eigenvalue weighted by atomic mass is 10.2. The third kappa shape index (κ3) is 3.47. The van der Waals surface area contributed by atoms with Gasteiger partial charge in [0.05, 0.1) is 0 Å². The van der Waals surface area contributed by atoms with Crippen LogP contribution in [-0.2, 0) is 5.75 Å². The van der Waals surface area contributed by atoms with Gasteiger partial charge >= 0.3 is 0 Å². The molecule has 94 valence electrons. The molecule has 0 aromatic heterocycles. The fourth-order valence-electron chi connectivity index (χ4n) is 1.72. The molecule has 18 heavy (non-hydrogen) atoms. The summed E-state index contributed by atoms with van der Waals surface area (Å²) in [6.07, 6.45) is 2.10. The van der Waals surface area contributed by atoms with Crippen LogP contribution >= 0.6 is 23.5 Å². The maximum Gasteiger partial charge on any atom is 0.0317 e. The summed E-state index contributed by atoms with van der Waals surface area (Å²) in [5.74, 6) is 0.999. The number of anilines is 1. The lowest BCUT2D eigenvalue weighted by molar-refractivity contribution is 1.28. The number of hydrogen-bond acceptors (Lipinski definition) is 3. The van der Waals surface area contributed by atoms with Crippen LogP contribution in [-0.4, -0.2) is 6.26 Å². The highest BCUT2D eigenvalue weighted by Crippen LogP contribution is 2.27. The standard InChI is InChI=1S/C15H17NS2/c1-11-9-13(16)5-8-15(11)18-10-12-3-6-14(17-2)7-4-12/h3-9H,10,16H2,1-2H3. The van der Waals surface area contributed by atoms with Crippen molar-refractivity contribution in [3.05, 3.63) is 53.6 Å². The smallest absolute Gasteiger partial charge is 0.0317 e. The van der Waals surface area contributed by atoms with Crippen LogP contribution < -0.4 is 5.73 Å². The van der Waals surface area contributed by atoms with E-state index < -0.39 is 0 Å². The van der Waals surface area contributed by atoms with Crippen molar-refractivity contribution in [1.29, 1.82) is 0 Å². The minimum atomic E-state index is 0.834. The van der Waals surface area contributed by atoms with Crippen LogP contribution in [0.25, 0.3) is 0 Å². The summed E-state index contributed by atoms with van der Waals surface area (Å²) in [7, 11) is 0. The average molecular weight is 275 g/mol. The van der Waals surface area contributed by atoms with Gasteiger partial charge in [0.1, 0.15) is 0 Å². The van der Waals surface area contributed by atoms with E-state index in [-0.39, 0.29) is 0 Å². The van der Waals surface area contributed by atoms with E-state index in [0.29, 0.717) is 0 Å². The highest BCUT2D eigenvalue weighted by molar-refractivity contribution is 7.98. The van der Waals surface area contributed by atoms with Gasteiger partial charge < -0.3 is 5.73 Å². The highest BCUT2D eigenvalue weighted by atomic mass is 32.2. The number of nitrogen functional groups attached to an aromatic ring is 1. The highest BCUT2D eigenvalue weighted by Gasteiger charge is 2.01. The van der Waals surface area contributed by atoms with Gasteiger partial charge in [-0.25, -0.2) is 0 Å². The van der Waals surface area contributed by atoms with Crippen molar-refractivity contribution in [3.63, 3.8) is 0 Å². The van der Waals surface area contributed by atoms with E-state index in [2.05, 4.69) is 43.5 Å². The van der Waals surface area contributed by atoms with E-state index in [1.54, 1.807) is 11.8 Å². The Morgan fingerprint density at radius 2 is 1.78 bits per heavy atom. The Morgan fingerprint density at radius 1 is 1.06 bits per heavy atom. The van der Waals surface area contributed by atoms with E-state index in [1.807, 2.05) is 23.9 Å². The first-order valence-electron chi connectivity index (χ1n) is 5.81. The Morgan fingerprint density at radius 3 is 2.39 bits per heavy atom. The molecule has 0 saturated carbocycles. The predicted octanol–water partition coefficient (Wildman–Crippen LogP) is 4.59. The zero-order valence-electron chi connectivity index (χ0n) is 10.6. The Labute approximate surface area is 117 Å². The number of nitrogens with two attached hydrogens (primary N) is 1. The molecule has 0 heterocycles. The second-order valence-electron chi connectivity index (χ2n) is 4.16. The van der Waals surface area contributed by atoms with Gasteiger partial charge in [0.2, 0.25) is 0 Å². The van der Waals surface area contributed by atoms with Crippen molar-refractivity contribution < 1.29 is 0 Å². The summed E-state index contributed by atoms with van der Waals surface area (Å²) in [5.41, 5.74) is 9.20. The molecular weight excluding hydrogens is 258 g/mol. The molecule has 0 amide bonds. The molecular formula is C15H17NS2. The lowest BCUT2D eigenvalue weighted by Gasteiger charge is -2.07. The summed E-state index contributed by atoms with van der Waals surface area (Å²) in [6, 6.07) is 14.8. The Kier molecular flexibility index (Phi) is 4.61. The maximum atomic E-state index is 5.76. The minimum absolute atomic E-state index is 0.834. The fourth-order valence-corrected chi connectivity index (χ4v) is 3.09. The largest absolute Gasteiger partial charge is 0.399 e. The molecule has 0 unspecified atom stereocenters. The normalized spacial score (nSPS) is 10.6. The number of thioether (sulfide) groups is 2. The SMILES string of the molecule is CSc1ccc(CSc2ccc(N)cc2C)cc1. The van der Waals surface area contributed by atoms with Crippen LogP contribution in [0.3, 0.4) is 0 Å². The Balaban J connectivity index is 2.02. The molecule has 0 spiro atoms. The van der Waals surface area contributed by atoms with Crippen LogP contribution in [0.1, 0.15) is 11.1 Å². The third-order valence-corrected chi connectivity index (χ3v) is 4.74. The first kappa shape index (κ1) is 13.4. The Bertz CT molecular complexity index is 521. The van der Waals surface area contributed by atoms with E-state index in [1.165, 1.54) is 20.9 Å². The second-order valence-corrected chi connectivity index (χ2v) is 6.06. The van der Waals surface area contributed by atoms with Crippen LogP contribution in [0.4, 0.5) is 5.69 Å². The number of benzene rings is 2. The van der Waals surface area contributed by atoms with Crippen LogP contribution in [0.15, 0.2) is 52.3 Å². The van der Waals surface area contributed by atoms with Gasteiger partial charge in [0, 0.05) is 21.2 Å². The molecule has 3 heteroatoms. The monoisotopic (exact) mass is 275 g/mol. The summed E-state index contributed by atoms with van der Waals surface area (Å²) in [6.45, 7) is 2.11. The van der Waals surface area contributed by atoms with Crippen molar-refractivity contribution in [2.24, 2.45) is 0 Å².